The molecule has 2 heterocycles. The minimum absolute atomic E-state index is 0.00270. The Hall–Kier alpha value is -3.49. The summed E-state index contributed by atoms with van der Waals surface area (Å²) in [5, 5.41) is 34.0. The number of alkyl carbamates (subject to hydrolysis) is 1. The van der Waals surface area contributed by atoms with Crippen molar-refractivity contribution in [1.82, 2.24) is 25.9 Å². The van der Waals surface area contributed by atoms with Crippen molar-refractivity contribution < 1.29 is 47.1 Å². The third kappa shape index (κ3) is 12.5. The molecule has 1 aliphatic heterocycles. The lowest BCUT2D eigenvalue weighted by atomic mass is 9.52. The summed E-state index contributed by atoms with van der Waals surface area (Å²) >= 11 is 2.25. The van der Waals surface area contributed by atoms with E-state index in [2.05, 4.69) is 53.8 Å². The summed E-state index contributed by atoms with van der Waals surface area (Å²) in [6.45, 7) is 7.92. The molecule has 0 unspecified atom stereocenters. The zero-order chi connectivity index (χ0) is 41.5. The maximum atomic E-state index is 13.0. The lowest BCUT2D eigenvalue weighted by Gasteiger charge is -2.58. The predicted molar refractivity (Wildman–Crippen MR) is 219 cm³/mol. The average molecular weight is 927 g/mol. The van der Waals surface area contributed by atoms with Crippen molar-refractivity contribution in [3.8, 4) is 17.2 Å². The molecule has 1 saturated heterocycles. The fraction of sp³-hybridized carbons (Fsp3) is 0.585. The topological polar surface area (TPSA) is 168 Å². The summed E-state index contributed by atoms with van der Waals surface area (Å²) < 4.78 is 63.0. The summed E-state index contributed by atoms with van der Waals surface area (Å²) in [7, 11) is 0. The molecular formula is C41H54F3IN6O7. The van der Waals surface area contributed by atoms with Crippen LogP contribution in [-0.4, -0.2) is 101 Å². The lowest BCUT2D eigenvalue weighted by molar-refractivity contribution is -0.142. The Morgan fingerprint density at radius 3 is 2.34 bits per heavy atom. The van der Waals surface area contributed by atoms with Crippen LogP contribution < -0.4 is 30.7 Å². The first-order chi connectivity index (χ1) is 27.5. The SMILES string of the molecule is CC(C)(C)OC(=O)NCCc1ccc(Oc2ccc(OCCCCNC3CC4(C3)CC(NC[C@H]3OC[C@H](Nc5cncc(C(F)(F)F)n5)[C@@H](O)[C@H]3O)C4)cc2)c(I)c1. The third-order valence-electron chi connectivity index (χ3n) is 10.6. The lowest BCUT2D eigenvalue weighted by Crippen LogP contribution is -2.62. The van der Waals surface area contributed by atoms with Crippen LogP contribution in [0.1, 0.15) is 70.6 Å². The van der Waals surface area contributed by atoms with Gasteiger partial charge in [0.1, 0.15) is 40.9 Å². The largest absolute Gasteiger partial charge is 0.494 e. The second kappa shape index (κ2) is 19.3. The number of aliphatic hydroxyl groups is 2. The Morgan fingerprint density at radius 2 is 1.66 bits per heavy atom. The van der Waals surface area contributed by atoms with Gasteiger partial charge in [-0.1, -0.05) is 6.07 Å². The maximum absolute atomic E-state index is 13.0. The van der Waals surface area contributed by atoms with Gasteiger partial charge in [0.15, 0.2) is 5.69 Å². The minimum Gasteiger partial charge on any atom is -0.494 e. The molecule has 1 amide bonds. The molecule has 6 rings (SSSR count). The van der Waals surface area contributed by atoms with Crippen LogP contribution in [0.4, 0.5) is 23.8 Å². The number of carbonyl (C=O) groups is 1. The second-order valence-electron chi connectivity index (χ2n) is 16.5. The quantitative estimate of drug-likeness (QED) is 0.0671. The summed E-state index contributed by atoms with van der Waals surface area (Å²) in [6, 6.07) is 13.6. The number of nitrogens with zero attached hydrogens (tertiary/aromatic N) is 2. The molecular weight excluding hydrogens is 872 g/mol. The number of unbranched alkanes of at least 4 members (excludes halogenated alkanes) is 1. The summed E-state index contributed by atoms with van der Waals surface area (Å²) in [4.78, 5) is 19.0. The van der Waals surface area contributed by atoms with Crippen LogP contribution in [0, 0.1) is 8.99 Å². The molecule has 1 aromatic heterocycles. The van der Waals surface area contributed by atoms with Crippen LogP contribution in [0.25, 0.3) is 0 Å². The summed E-state index contributed by atoms with van der Waals surface area (Å²) in [5.74, 6) is 2.12. The monoisotopic (exact) mass is 926 g/mol. The molecule has 13 nitrogen and oxygen atoms in total. The zero-order valence-electron chi connectivity index (χ0n) is 33.0. The van der Waals surface area contributed by atoms with Gasteiger partial charge in [0.2, 0.25) is 0 Å². The molecule has 2 aromatic carbocycles. The standard InChI is InChI=1S/C41H54F3IN6O7/c1-39(2,3)58-38(54)48-14-12-25-6-11-32(30(45)16-25)57-29-9-7-28(8-10-29)55-15-5-4-13-47-26-17-40(18-26)19-27(20-40)49-21-33-37(53)36(52)31(24-56-33)50-35-23-46-22-34(51-35)41(42,43)44/h6-11,16,22-23,26-27,31,33,36-37,47,49,52-53H,4-5,12-15,17-21,24H2,1-3H3,(H,48,54)(H,50,51)/t26?,27?,31-,33+,36+,37-,40?/m0/s1. The van der Waals surface area contributed by atoms with Crippen LogP contribution in [0.15, 0.2) is 54.9 Å². The molecule has 2 aliphatic carbocycles. The van der Waals surface area contributed by atoms with Gasteiger partial charge in [0.05, 0.1) is 41.3 Å². The van der Waals surface area contributed by atoms with E-state index in [9.17, 15) is 28.2 Å². The number of anilines is 1. The van der Waals surface area contributed by atoms with Crippen LogP contribution in [0.2, 0.25) is 0 Å². The first-order valence-corrected chi connectivity index (χ1v) is 20.9. The van der Waals surface area contributed by atoms with Crippen LogP contribution in [0.5, 0.6) is 17.2 Å². The highest BCUT2D eigenvalue weighted by molar-refractivity contribution is 14.1. The number of carbonyl (C=O) groups excluding carboxylic acids is 1. The third-order valence-corrected chi connectivity index (χ3v) is 11.5. The van der Waals surface area contributed by atoms with Crippen molar-refractivity contribution in [2.24, 2.45) is 5.41 Å². The van der Waals surface area contributed by atoms with Gasteiger partial charge in [0, 0.05) is 25.2 Å². The van der Waals surface area contributed by atoms with E-state index in [1.807, 2.05) is 63.2 Å². The van der Waals surface area contributed by atoms with E-state index in [0.717, 1.165) is 77.6 Å². The smallest absolute Gasteiger partial charge is 0.434 e. The highest BCUT2D eigenvalue weighted by Crippen LogP contribution is 2.56. The highest BCUT2D eigenvalue weighted by atomic mass is 127. The Balaban J connectivity index is 0.788. The summed E-state index contributed by atoms with van der Waals surface area (Å²) in [6.07, 6.45) is 0.591. The molecule has 318 valence electrons. The van der Waals surface area contributed by atoms with E-state index < -0.39 is 47.9 Å². The second-order valence-corrected chi connectivity index (χ2v) is 17.7. The molecule has 3 fully saturated rings. The first-order valence-electron chi connectivity index (χ1n) is 19.8. The van der Waals surface area contributed by atoms with Crippen molar-refractivity contribution in [3.63, 3.8) is 0 Å². The normalized spacial score (nSPS) is 25.7. The fourth-order valence-electron chi connectivity index (χ4n) is 7.69. The van der Waals surface area contributed by atoms with Gasteiger partial charge in [-0.05, 0) is 142 Å². The van der Waals surface area contributed by atoms with Crippen molar-refractivity contribution >= 4 is 34.5 Å². The molecule has 0 radical (unpaired) electrons. The Labute approximate surface area is 350 Å². The molecule has 3 aromatic rings. The summed E-state index contributed by atoms with van der Waals surface area (Å²) in [5.41, 5.74) is -0.233. The maximum Gasteiger partial charge on any atom is 0.434 e. The van der Waals surface area contributed by atoms with E-state index in [-0.39, 0.29) is 12.4 Å². The number of hydrogen-bond donors (Lipinski definition) is 6. The van der Waals surface area contributed by atoms with E-state index in [1.165, 1.54) is 0 Å². The number of aliphatic hydroxyl groups excluding tert-OH is 2. The fourth-order valence-corrected chi connectivity index (χ4v) is 8.38. The van der Waals surface area contributed by atoms with E-state index in [1.54, 1.807) is 0 Å². The molecule has 4 atom stereocenters. The van der Waals surface area contributed by atoms with E-state index in [0.29, 0.717) is 49.8 Å². The molecule has 17 heteroatoms. The number of rotatable bonds is 17. The van der Waals surface area contributed by atoms with Gasteiger partial charge in [-0.15, -0.1) is 0 Å². The van der Waals surface area contributed by atoms with Crippen LogP contribution in [-0.2, 0) is 22.1 Å². The Kier molecular flexibility index (Phi) is 14.6. The number of hydrogen-bond acceptors (Lipinski definition) is 12. The van der Waals surface area contributed by atoms with Gasteiger partial charge >= 0.3 is 12.3 Å². The van der Waals surface area contributed by atoms with E-state index in [4.69, 9.17) is 18.9 Å². The number of amides is 1. The van der Waals surface area contributed by atoms with Crippen LogP contribution >= 0.6 is 22.6 Å². The number of benzene rings is 2. The van der Waals surface area contributed by atoms with E-state index >= 15 is 0 Å². The Morgan fingerprint density at radius 1 is 0.948 bits per heavy atom. The average Bonchev–Trinajstić information content (AvgIpc) is 3.12. The molecule has 6 N–H and O–H groups in total. The van der Waals surface area contributed by atoms with Crippen molar-refractivity contribution in [2.45, 2.75) is 114 Å². The molecule has 58 heavy (non-hydrogen) atoms. The van der Waals surface area contributed by atoms with Crippen LogP contribution in [0.3, 0.4) is 0 Å². The predicted octanol–water partition coefficient (Wildman–Crippen LogP) is 6.21. The van der Waals surface area contributed by atoms with Crippen molar-refractivity contribution in [2.75, 3.05) is 38.2 Å². The highest BCUT2D eigenvalue weighted by Gasteiger charge is 2.52. The number of aromatic nitrogens is 2. The number of halogens is 4. The molecule has 0 bridgehead atoms. The molecule has 1 spiro atoms. The first kappa shape index (κ1) is 44.1. The van der Waals surface area contributed by atoms with Gasteiger partial charge in [-0.25, -0.2) is 9.78 Å². The minimum atomic E-state index is -4.64. The molecule has 2 saturated carbocycles. The van der Waals surface area contributed by atoms with Gasteiger partial charge in [-0.3, -0.25) is 4.98 Å². The van der Waals surface area contributed by atoms with Gasteiger partial charge in [-0.2, -0.15) is 13.2 Å². The Bertz CT molecular complexity index is 1800. The van der Waals surface area contributed by atoms with Gasteiger partial charge < -0.3 is 50.4 Å². The zero-order valence-corrected chi connectivity index (χ0v) is 35.1. The number of alkyl halides is 3. The van der Waals surface area contributed by atoms with Gasteiger partial charge in [0.25, 0.3) is 0 Å². The number of nitrogens with one attached hydrogen (secondary N) is 4. The number of ether oxygens (including phenoxy) is 4. The van der Waals surface area contributed by atoms with Crippen molar-refractivity contribution in [3.05, 3.63) is 69.7 Å². The molecule has 3 aliphatic rings. The van der Waals surface area contributed by atoms with Crippen molar-refractivity contribution in [1.29, 1.82) is 0 Å².